The molecular weight excluding hydrogens is 324 g/mol. The molecule has 1 aromatic heterocycles. The first kappa shape index (κ1) is 15.8. The normalized spacial score (nSPS) is 10.9. The van der Waals surface area contributed by atoms with Gasteiger partial charge in [0.1, 0.15) is 0 Å². The zero-order chi connectivity index (χ0) is 16.9. The van der Waals surface area contributed by atoms with Crippen molar-refractivity contribution in [2.75, 3.05) is 5.43 Å². The number of nitro groups is 1. The van der Waals surface area contributed by atoms with Gasteiger partial charge >= 0.3 is 0 Å². The molecule has 6 nitrogen and oxygen atoms in total. The van der Waals surface area contributed by atoms with Crippen LogP contribution in [0.1, 0.15) is 10.4 Å². The second kappa shape index (κ2) is 7.01. The minimum absolute atomic E-state index is 0.0170. The maximum Gasteiger partial charge on any atom is 0.278 e. The van der Waals surface area contributed by atoms with Crippen LogP contribution in [-0.4, -0.2) is 16.1 Å². The minimum Gasteiger partial charge on any atom is -0.258 e. The summed E-state index contributed by atoms with van der Waals surface area (Å²) < 4.78 is 0. The highest BCUT2D eigenvalue weighted by Gasteiger charge is 2.11. The number of thiazole rings is 1. The molecule has 0 aliphatic heterocycles. The van der Waals surface area contributed by atoms with Crippen molar-refractivity contribution >= 4 is 28.4 Å². The fourth-order valence-corrected chi connectivity index (χ4v) is 3.01. The van der Waals surface area contributed by atoms with Crippen LogP contribution in [-0.2, 0) is 0 Å². The van der Waals surface area contributed by atoms with Gasteiger partial charge in [-0.3, -0.25) is 15.5 Å². The van der Waals surface area contributed by atoms with Crippen molar-refractivity contribution in [1.82, 2.24) is 4.98 Å². The Morgan fingerprint density at radius 3 is 2.62 bits per heavy atom. The van der Waals surface area contributed by atoms with Crippen LogP contribution >= 0.6 is 11.3 Å². The molecular formula is C17H14N4O2S. The van der Waals surface area contributed by atoms with Gasteiger partial charge in [0.15, 0.2) is 0 Å². The van der Waals surface area contributed by atoms with Gasteiger partial charge in [-0.15, -0.1) is 11.3 Å². The second-order valence-corrected chi connectivity index (χ2v) is 6.18. The molecule has 1 N–H and O–H groups in total. The van der Waals surface area contributed by atoms with Crippen molar-refractivity contribution in [3.63, 3.8) is 0 Å². The summed E-state index contributed by atoms with van der Waals surface area (Å²) in [6.45, 7) is 2.00. The summed E-state index contributed by atoms with van der Waals surface area (Å²) in [6.07, 6.45) is 1.43. The number of anilines is 1. The van der Waals surface area contributed by atoms with E-state index in [2.05, 4.69) is 15.5 Å². The number of nitro benzene ring substituents is 1. The monoisotopic (exact) mass is 338 g/mol. The highest BCUT2D eigenvalue weighted by molar-refractivity contribution is 7.15. The lowest BCUT2D eigenvalue weighted by molar-refractivity contribution is -0.385. The third-order valence-electron chi connectivity index (χ3n) is 3.34. The van der Waals surface area contributed by atoms with Gasteiger partial charge in [0.05, 0.1) is 22.4 Å². The highest BCUT2D eigenvalue weighted by atomic mass is 32.1. The van der Waals surface area contributed by atoms with Crippen LogP contribution < -0.4 is 5.43 Å². The number of aromatic nitrogens is 1. The molecule has 0 saturated carbocycles. The van der Waals surface area contributed by atoms with E-state index < -0.39 is 4.92 Å². The Morgan fingerprint density at radius 2 is 1.88 bits per heavy atom. The van der Waals surface area contributed by atoms with E-state index >= 15 is 0 Å². The predicted octanol–water partition coefficient (Wildman–Crippen LogP) is 4.47. The Labute approximate surface area is 142 Å². The molecule has 0 unspecified atom stereocenters. The Kier molecular flexibility index (Phi) is 4.62. The first-order chi connectivity index (χ1) is 11.6. The predicted molar refractivity (Wildman–Crippen MR) is 96.6 cm³/mol. The number of hydrogen-bond donors (Lipinski definition) is 1. The van der Waals surface area contributed by atoms with E-state index in [0.717, 1.165) is 16.1 Å². The topological polar surface area (TPSA) is 80.4 Å². The number of hydrazone groups is 1. The Balaban J connectivity index is 1.78. The Hall–Kier alpha value is -3.06. The summed E-state index contributed by atoms with van der Waals surface area (Å²) in [5, 5.41) is 15.7. The second-order valence-electron chi connectivity index (χ2n) is 4.98. The SMILES string of the molecule is Cc1sc(NN=Cc2ccccc2[N+](=O)[O-])nc1-c1ccccc1. The first-order valence-electron chi connectivity index (χ1n) is 7.20. The van der Waals surface area contributed by atoms with E-state index in [1.54, 1.807) is 18.2 Å². The zero-order valence-electron chi connectivity index (χ0n) is 12.8. The summed E-state index contributed by atoms with van der Waals surface area (Å²) in [4.78, 5) is 16.1. The lowest BCUT2D eigenvalue weighted by Gasteiger charge is -1.97. The first-order valence-corrected chi connectivity index (χ1v) is 8.02. The van der Waals surface area contributed by atoms with Gasteiger partial charge in [-0.2, -0.15) is 5.10 Å². The fraction of sp³-hybridized carbons (Fsp3) is 0.0588. The van der Waals surface area contributed by atoms with Gasteiger partial charge in [-0.1, -0.05) is 42.5 Å². The van der Waals surface area contributed by atoms with Gasteiger partial charge < -0.3 is 0 Å². The van der Waals surface area contributed by atoms with Crippen molar-refractivity contribution in [3.8, 4) is 11.3 Å². The summed E-state index contributed by atoms with van der Waals surface area (Å²) in [6, 6.07) is 16.3. The van der Waals surface area contributed by atoms with E-state index in [1.807, 2.05) is 37.3 Å². The summed E-state index contributed by atoms with van der Waals surface area (Å²) >= 11 is 1.48. The largest absolute Gasteiger partial charge is 0.278 e. The number of rotatable bonds is 5. The average Bonchev–Trinajstić information content (AvgIpc) is 2.97. The van der Waals surface area contributed by atoms with Gasteiger partial charge in [0.25, 0.3) is 5.69 Å². The van der Waals surface area contributed by atoms with Crippen molar-refractivity contribution in [1.29, 1.82) is 0 Å². The quantitative estimate of drug-likeness (QED) is 0.423. The molecule has 0 atom stereocenters. The number of benzene rings is 2. The third-order valence-corrected chi connectivity index (χ3v) is 4.22. The Morgan fingerprint density at radius 1 is 1.17 bits per heavy atom. The van der Waals surface area contributed by atoms with Crippen molar-refractivity contribution < 1.29 is 4.92 Å². The molecule has 24 heavy (non-hydrogen) atoms. The van der Waals surface area contributed by atoms with Crippen LogP contribution in [0.3, 0.4) is 0 Å². The van der Waals surface area contributed by atoms with Gasteiger partial charge in [-0.25, -0.2) is 4.98 Å². The number of hydrogen-bond acceptors (Lipinski definition) is 6. The molecule has 120 valence electrons. The van der Waals surface area contributed by atoms with Crippen molar-refractivity contribution in [2.45, 2.75) is 6.92 Å². The maximum absolute atomic E-state index is 11.0. The lowest BCUT2D eigenvalue weighted by atomic mass is 10.1. The van der Waals surface area contributed by atoms with Crippen LogP contribution in [0.25, 0.3) is 11.3 Å². The van der Waals surface area contributed by atoms with Gasteiger partial charge in [-0.05, 0) is 13.0 Å². The minimum atomic E-state index is -0.428. The van der Waals surface area contributed by atoms with E-state index in [-0.39, 0.29) is 5.69 Å². The van der Waals surface area contributed by atoms with Crippen LogP contribution in [0.4, 0.5) is 10.8 Å². The van der Waals surface area contributed by atoms with Crippen LogP contribution in [0.5, 0.6) is 0 Å². The van der Waals surface area contributed by atoms with E-state index in [9.17, 15) is 10.1 Å². The van der Waals surface area contributed by atoms with Gasteiger partial charge in [0.2, 0.25) is 5.13 Å². The smallest absolute Gasteiger partial charge is 0.258 e. The molecule has 2 aromatic carbocycles. The molecule has 0 amide bonds. The molecule has 3 rings (SSSR count). The lowest BCUT2D eigenvalue weighted by Crippen LogP contribution is -1.96. The van der Waals surface area contributed by atoms with Crippen LogP contribution in [0, 0.1) is 17.0 Å². The molecule has 0 radical (unpaired) electrons. The zero-order valence-corrected chi connectivity index (χ0v) is 13.7. The summed E-state index contributed by atoms with van der Waals surface area (Å²) in [7, 11) is 0. The average molecular weight is 338 g/mol. The molecule has 0 bridgehead atoms. The third kappa shape index (κ3) is 3.47. The molecule has 3 aromatic rings. The summed E-state index contributed by atoms with van der Waals surface area (Å²) in [5.74, 6) is 0. The fourth-order valence-electron chi connectivity index (χ4n) is 2.23. The molecule has 1 heterocycles. The van der Waals surface area contributed by atoms with Gasteiger partial charge in [0, 0.05) is 16.5 Å². The molecule has 0 saturated heterocycles. The van der Waals surface area contributed by atoms with E-state index in [1.165, 1.54) is 23.6 Å². The highest BCUT2D eigenvalue weighted by Crippen LogP contribution is 2.30. The van der Waals surface area contributed by atoms with E-state index in [4.69, 9.17) is 0 Å². The number of aryl methyl sites for hydroxylation is 1. The van der Waals surface area contributed by atoms with Crippen LogP contribution in [0.15, 0.2) is 59.7 Å². The number of nitrogens with one attached hydrogen (secondary N) is 1. The number of nitrogens with zero attached hydrogens (tertiary/aromatic N) is 3. The van der Waals surface area contributed by atoms with E-state index in [0.29, 0.717) is 10.7 Å². The molecule has 0 spiro atoms. The molecule has 0 aliphatic carbocycles. The summed E-state index contributed by atoms with van der Waals surface area (Å²) in [5.41, 5.74) is 5.25. The van der Waals surface area contributed by atoms with Crippen molar-refractivity contribution in [3.05, 3.63) is 75.2 Å². The maximum atomic E-state index is 11.0. The molecule has 7 heteroatoms. The van der Waals surface area contributed by atoms with Crippen LogP contribution in [0.2, 0.25) is 0 Å². The molecule has 0 fully saturated rings. The van der Waals surface area contributed by atoms with Crippen molar-refractivity contribution in [2.24, 2.45) is 5.10 Å². The number of para-hydroxylation sites is 1. The standard InChI is InChI=1S/C17H14N4O2S/c1-12-16(13-7-3-2-4-8-13)19-17(24-12)20-18-11-14-9-5-6-10-15(14)21(22)23/h2-11H,1H3,(H,19,20). The Bertz CT molecular complexity index is 891. The molecule has 0 aliphatic rings.